The van der Waals surface area contributed by atoms with Gasteiger partial charge in [-0.25, -0.2) is 4.39 Å². The van der Waals surface area contributed by atoms with Crippen LogP contribution in [0.15, 0.2) is 58.3 Å². The van der Waals surface area contributed by atoms with Gasteiger partial charge in [0.15, 0.2) is 0 Å². The van der Waals surface area contributed by atoms with E-state index >= 15 is 0 Å². The second-order valence-corrected chi connectivity index (χ2v) is 4.40. The van der Waals surface area contributed by atoms with Gasteiger partial charge in [0.2, 0.25) is 0 Å². The summed E-state index contributed by atoms with van der Waals surface area (Å²) in [5.74, 6) is -0.478. The van der Waals surface area contributed by atoms with E-state index in [9.17, 15) is 14.5 Å². The lowest BCUT2D eigenvalue weighted by Crippen LogP contribution is -1.91. The molecule has 0 saturated carbocycles. The van der Waals surface area contributed by atoms with Gasteiger partial charge in [0.25, 0.3) is 5.69 Å². The molecule has 0 atom stereocenters. The van der Waals surface area contributed by atoms with Crippen LogP contribution < -0.4 is 0 Å². The normalized spacial score (nSPS) is 10.2. The molecule has 0 radical (unpaired) electrons. The van der Waals surface area contributed by atoms with Crippen molar-refractivity contribution in [2.24, 2.45) is 0 Å². The molecule has 3 nitrogen and oxygen atoms in total. The average Bonchev–Trinajstić information content (AvgIpc) is 2.30. The number of nitrogens with zero attached hydrogens (tertiary/aromatic N) is 1. The highest BCUT2D eigenvalue weighted by atomic mass is 32.2. The average molecular weight is 249 g/mol. The van der Waals surface area contributed by atoms with Crippen LogP contribution in [0, 0.1) is 15.9 Å². The lowest BCUT2D eigenvalue weighted by atomic mass is 10.3. The second-order valence-electron chi connectivity index (χ2n) is 3.28. The standard InChI is InChI=1S/C12H8FNO2S/c13-9-6-7-11(14(15)16)12(8-9)17-10-4-2-1-3-5-10/h1-8H. The van der Waals surface area contributed by atoms with E-state index in [1.807, 2.05) is 30.3 Å². The summed E-state index contributed by atoms with van der Waals surface area (Å²) in [6, 6.07) is 12.6. The molecule has 0 heterocycles. The van der Waals surface area contributed by atoms with E-state index in [0.29, 0.717) is 4.90 Å². The number of benzene rings is 2. The molecule has 2 rings (SSSR count). The van der Waals surface area contributed by atoms with Gasteiger partial charge in [-0.1, -0.05) is 30.0 Å². The summed E-state index contributed by atoms with van der Waals surface area (Å²) in [6.45, 7) is 0. The van der Waals surface area contributed by atoms with Gasteiger partial charge in [-0.2, -0.15) is 0 Å². The minimum absolute atomic E-state index is 0.0831. The number of nitro benzene ring substituents is 1. The van der Waals surface area contributed by atoms with Gasteiger partial charge >= 0.3 is 0 Å². The van der Waals surface area contributed by atoms with E-state index in [1.54, 1.807) is 0 Å². The zero-order chi connectivity index (χ0) is 12.3. The summed E-state index contributed by atoms with van der Waals surface area (Å²) in [6.07, 6.45) is 0. The van der Waals surface area contributed by atoms with Gasteiger partial charge in [-0.05, 0) is 24.3 Å². The molecule has 0 unspecified atom stereocenters. The highest BCUT2D eigenvalue weighted by molar-refractivity contribution is 7.99. The number of halogens is 1. The fourth-order valence-electron chi connectivity index (χ4n) is 1.34. The van der Waals surface area contributed by atoms with Crippen LogP contribution >= 0.6 is 11.8 Å². The quantitative estimate of drug-likeness (QED) is 0.612. The van der Waals surface area contributed by atoms with Crippen molar-refractivity contribution in [3.63, 3.8) is 0 Å². The third kappa shape index (κ3) is 2.82. The molecule has 0 N–H and O–H groups in total. The third-order valence-corrected chi connectivity index (χ3v) is 3.14. The Hall–Kier alpha value is -1.88. The van der Waals surface area contributed by atoms with Gasteiger partial charge < -0.3 is 0 Å². The predicted molar refractivity (Wildman–Crippen MR) is 63.6 cm³/mol. The van der Waals surface area contributed by atoms with Crippen LogP contribution in [-0.4, -0.2) is 4.92 Å². The number of nitro groups is 1. The first-order valence-corrected chi connectivity index (χ1v) is 5.65. The molecule has 0 spiro atoms. The summed E-state index contributed by atoms with van der Waals surface area (Å²) in [4.78, 5) is 11.4. The Bertz CT molecular complexity index is 545. The third-order valence-electron chi connectivity index (χ3n) is 2.09. The fraction of sp³-hybridized carbons (Fsp3) is 0. The molecule has 5 heteroatoms. The van der Waals surface area contributed by atoms with Crippen molar-refractivity contribution in [1.29, 1.82) is 0 Å². The SMILES string of the molecule is O=[N+]([O-])c1ccc(F)cc1Sc1ccccc1. The van der Waals surface area contributed by atoms with Crippen molar-refractivity contribution in [2.75, 3.05) is 0 Å². The minimum atomic E-state index is -0.509. The van der Waals surface area contributed by atoms with E-state index in [1.165, 1.54) is 23.9 Å². The summed E-state index contributed by atoms with van der Waals surface area (Å²) >= 11 is 1.18. The van der Waals surface area contributed by atoms with Crippen LogP contribution in [0.5, 0.6) is 0 Å². The first-order valence-electron chi connectivity index (χ1n) is 4.83. The summed E-state index contributed by atoms with van der Waals surface area (Å²) in [5, 5.41) is 10.8. The molecule has 0 bridgehead atoms. The molecular weight excluding hydrogens is 241 g/mol. The van der Waals surface area contributed by atoms with Gasteiger partial charge in [-0.3, -0.25) is 10.1 Å². The van der Waals surface area contributed by atoms with Gasteiger partial charge in [0, 0.05) is 11.0 Å². The maximum atomic E-state index is 13.1. The van der Waals surface area contributed by atoms with E-state index in [-0.39, 0.29) is 5.69 Å². The Labute approximate surface area is 101 Å². The molecule has 0 saturated heterocycles. The Morgan fingerprint density at radius 1 is 1.12 bits per heavy atom. The topological polar surface area (TPSA) is 43.1 Å². The molecule has 2 aromatic carbocycles. The first-order chi connectivity index (χ1) is 8.16. The van der Waals surface area contributed by atoms with Crippen LogP contribution in [0.3, 0.4) is 0 Å². The molecule has 17 heavy (non-hydrogen) atoms. The molecule has 0 aliphatic heterocycles. The Kier molecular flexibility index (Phi) is 3.39. The smallest absolute Gasteiger partial charge is 0.258 e. The van der Waals surface area contributed by atoms with Crippen molar-refractivity contribution < 1.29 is 9.31 Å². The maximum absolute atomic E-state index is 13.1. The van der Waals surface area contributed by atoms with E-state index in [2.05, 4.69) is 0 Å². The van der Waals surface area contributed by atoms with E-state index < -0.39 is 10.7 Å². The van der Waals surface area contributed by atoms with Crippen molar-refractivity contribution in [1.82, 2.24) is 0 Å². The summed E-state index contributed by atoms with van der Waals surface area (Å²) < 4.78 is 13.1. The van der Waals surface area contributed by atoms with Crippen molar-refractivity contribution in [3.8, 4) is 0 Å². The maximum Gasteiger partial charge on any atom is 0.283 e. The van der Waals surface area contributed by atoms with E-state index in [4.69, 9.17) is 0 Å². The highest BCUT2D eigenvalue weighted by Gasteiger charge is 2.15. The summed E-state index contributed by atoms with van der Waals surface area (Å²) in [5.41, 5.74) is -0.0831. The van der Waals surface area contributed by atoms with Crippen LogP contribution in [0.2, 0.25) is 0 Å². The highest BCUT2D eigenvalue weighted by Crippen LogP contribution is 2.34. The molecule has 2 aromatic rings. The Balaban J connectivity index is 2.37. The van der Waals surface area contributed by atoms with Gasteiger partial charge in [-0.15, -0.1) is 0 Å². The van der Waals surface area contributed by atoms with Crippen LogP contribution in [0.4, 0.5) is 10.1 Å². The predicted octanol–water partition coefficient (Wildman–Crippen LogP) is 3.89. The number of rotatable bonds is 3. The fourth-order valence-corrected chi connectivity index (χ4v) is 2.30. The first kappa shape index (κ1) is 11.6. The summed E-state index contributed by atoms with van der Waals surface area (Å²) in [7, 11) is 0. The number of hydrogen-bond donors (Lipinski definition) is 0. The molecule has 0 aliphatic carbocycles. The van der Waals surface area contributed by atoms with E-state index in [0.717, 1.165) is 11.0 Å². The lowest BCUT2D eigenvalue weighted by Gasteiger charge is -2.02. The zero-order valence-corrected chi connectivity index (χ0v) is 9.49. The Morgan fingerprint density at radius 3 is 2.47 bits per heavy atom. The molecule has 86 valence electrons. The molecule has 0 aliphatic rings. The van der Waals surface area contributed by atoms with Crippen molar-refractivity contribution in [2.45, 2.75) is 9.79 Å². The number of hydrogen-bond acceptors (Lipinski definition) is 3. The second kappa shape index (κ2) is 4.97. The Morgan fingerprint density at radius 2 is 1.82 bits per heavy atom. The van der Waals surface area contributed by atoms with Crippen LogP contribution in [-0.2, 0) is 0 Å². The minimum Gasteiger partial charge on any atom is -0.258 e. The van der Waals surface area contributed by atoms with Gasteiger partial charge in [0.1, 0.15) is 5.82 Å². The molecule has 0 amide bonds. The molecule has 0 fully saturated rings. The van der Waals surface area contributed by atoms with Crippen molar-refractivity contribution in [3.05, 3.63) is 64.5 Å². The monoisotopic (exact) mass is 249 g/mol. The van der Waals surface area contributed by atoms with Gasteiger partial charge in [0.05, 0.1) is 9.82 Å². The van der Waals surface area contributed by atoms with Crippen LogP contribution in [0.25, 0.3) is 0 Å². The molecule has 0 aromatic heterocycles. The zero-order valence-electron chi connectivity index (χ0n) is 8.67. The molecular formula is C12H8FNO2S. The largest absolute Gasteiger partial charge is 0.283 e. The van der Waals surface area contributed by atoms with Crippen LogP contribution in [0.1, 0.15) is 0 Å². The lowest BCUT2D eigenvalue weighted by molar-refractivity contribution is -0.387. The van der Waals surface area contributed by atoms with Crippen molar-refractivity contribution >= 4 is 17.4 Å².